The first-order chi connectivity index (χ1) is 12.1. The third-order valence-electron chi connectivity index (χ3n) is 4.88. The van der Waals surface area contributed by atoms with Crippen molar-refractivity contribution >= 4 is 17.6 Å². The molecular formula is C19H27N3O3. The molecule has 1 aromatic rings. The zero-order valence-corrected chi connectivity index (χ0v) is 14.9. The fraction of sp³-hybridized carbons (Fsp3) is 0.579. The lowest BCUT2D eigenvalue weighted by molar-refractivity contribution is -0.150. The Bertz CT molecular complexity index is 585. The second kappa shape index (κ2) is 8.34. The van der Waals surface area contributed by atoms with Crippen molar-refractivity contribution in [3.63, 3.8) is 0 Å². The van der Waals surface area contributed by atoms with Crippen LogP contribution in [0.5, 0.6) is 0 Å². The molecule has 6 heteroatoms. The Morgan fingerprint density at radius 3 is 2.40 bits per heavy atom. The number of anilines is 1. The maximum absolute atomic E-state index is 11.9. The van der Waals surface area contributed by atoms with Crippen molar-refractivity contribution in [3.8, 4) is 0 Å². The van der Waals surface area contributed by atoms with Crippen molar-refractivity contribution < 1.29 is 14.3 Å². The van der Waals surface area contributed by atoms with Crippen molar-refractivity contribution in [2.45, 2.75) is 25.9 Å². The van der Waals surface area contributed by atoms with Crippen LogP contribution in [0.1, 0.15) is 19.8 Å². The predicted molar refractivity (Wildman–Crippen MR) is 96.5 cm³/mol. The number of likely N-dealkylation sites (tertiary alicyclic amines) is 1. The van der Waals surface area contributed by atoms with Gasteiger partial charge in [0.1, 0.15) is 6.10 Å². The second-order valence-electron chi connectivity index (χ2n) is 6.80. The maximum atomic E-state index is 11.9. The van der Waals surface area contributed by atoms with E-state index in [4.69, 9.17) is 4.74 Å². The SMILES string of the molecule is CC(=O)OC(CN1CCN(c2ccccc2)CC1)CN1CCCC1=O. The van der Waals surface area contributed by atoms with E-state index in [0.717, 1.165) is 39.1 Å². The van der Waals surface area contributed by atoms with Gasteiger partial charge in [0.05, 0.1) is 6.54 Å². The average molecular weight is 345 g/mol. The van der Waals surface area contributed by atoms with Gasteiger partial charge < -0.3 is 14.5 Å². The molecule has 2 heterocycles. The molecule has 3 rings (SSSR count). The topological polar surface area (TPSA) is 53.1 Å². The summed E-state index contributed by atoms with van der Waals surface area (Å²) in [6.07, 6.45) is 1.27. The fourth-order valence-corrected chi connectivity index (χ4v) is 3.63. The number of amides is 1. The molecule has 136 valence electrons. The number of carbonyl (C=O) groups excluding carboxylic acids is 2. The summed E-state index contributed by atoms with van der Waals surface area (Å²) in [5.41, 5.74) is 1.25. The first-order valence-corrected chi connectivity index (χ1v) is 9.09. The first kappa shape index (κ1) is 17.7. The molecule has 25 heavy (non-hydrogen) atoms. The van der Waals surface area contributed by atoms with Crippen molar-refractivity contribution in [2.75, 3.05) is 50.7 Å². The smallest absolute Gasteiger partial charge is 0.303 e. The summed E-state index contributed by atoms with van der Waals surface area (Å²) in [7, 11) is 0. The number of piperazine rings is 1. The standard InChI is InChI=1S/C19H27N3O3/c1-16(23)25-18(15-22-9-5-8-19(22)24)14-20-10-12-21(13-11-20)17-6-3-2-4-7-17/h2-4,6-7,18H,5,8-15H2,1H3. The quantitative estimate of drug-likeness (QED) is 0.729. The Morgan fingerprint density at radius 2 is 1.80 bits per heavy atom. The highest BCUT2D eigenvalue weighted by Gasteiger charge is 2.27. The van der Waals surface area contributed by atoms with Crippen molar-refractivity contribution in [3.05, 3.63) is 30.3 Å². The van der Waals surface area contributed by atoms with Crippen LogP contribution < -0.4 is 4.90 Å². The molecule has 1 aromatic carbocycles. The normalized spacial score (nSPS) is 20.0. The van der Waals surface area contributed by atoms with Crippen LogP contribution in [-0.2, 0) is 14.3 Å². The molecule has 2 aliphatic heterocycles. The fourth-order valence-electron chi connectivity index (χ4n) is 3.63. The van der Waals surface area contributed by atoms with Crippen LogP contribution >= 0.6 is 0 Å². The highest BCUT2D eigenvalue weighted by molar-refractivity contribution is 5.78. The summed E-state index contributed by atoms with van der Waals surface area (Å²) in [6.45, 7) is 7.19. The van der Waals surface area contributed by atoms with E-state index < -0.39 is 0 Å². The Labute approximate surface area is 149 Å². The molecule has 1 atom stereocenters. The predicted octanol–water partition coefficient (Wildman–Crippen LogP) is 1.36. The number of benzene rings is 1. The molecule has 1 unspecified atom stereocenters. The second-order valence-corrected chi connectivity index (χ2v) is 6.80. The van der Waals surface area contributed by atoms with Gasteiger partial charge in [0.15, 0.2) is 0 Å². The average Bonchev–Trinajstić information content (AvgIpc) is 3.00. The third-order valence-corrected chi connectivity index (χ3v) is 4.88. The van der Waals surface area contributed by atoms with E-state index in [9.17, 15) is 9.59 Å². The molecule has 0 aliphatic carbocycles. The molecule has 0 aromatic heterocycles. The summed E-state index contributed by atoms with van der Waals surface area (Å²) >= 11 is 0. The lowest BCUT2D eigenvalue weighted by Crippen LogP contribution is -2.51. The molecule has 0 N–H and O–H groups in total. The van der Waals surface area contributed by atoms with Gasteiger partial charge in [-0.1, -0.05) is 18.2 Å². The van der Waals surface area contributed by atoms with E-state index in [1.54, 1.807) is 0 Å². The molecule has 0 saturated carbocycles. The number of rotatable bonds is 6. The molecule has 0 bridgehead atoms. The highest BCUT2D eigenvalue weighted by atomic mass is 16.5. The van der Waals surface area contributed by atoms with Crippen LogP contribution in [0.3, 0.4) is 0 Å². The van der Waals surface area contributed by atoms with Crippen molar-refractivity contribution in [2.24, 2.45) is 0 Å². The molecule has 6 nitrogen and oxygen atoms in total. The number of carbonyl (C=O) groups is 2. The molecule has 2 fully saturated rings. The van der Waals surface area contributed by atoms with Gasteiger partial charge in [-0.2, -0.15) is 0 Å². The number of hydrogen-bond donors (Lipinski definition) is 0. The van der Waals surface area contributed by atoms with E-state index in [1.165, 1.54) is 12.6 Å². The van der Waals surface area contributed by atoms with Crippen LogP contribution in [0.25, 0.3) is 0 Å². The molecular weight excluding hydrogens is 318 g/mol. The monoisotopic (exact) mass is 345 g/mol. The van der Waals surface area contributed by atoms with Crippen LogP contribution in [0.2, 0.25) is 0 Å². The van der Waals surface area contributed by atoms with Gasteiger partial charge in [-0.05, 0) is 18.6 Å². The van der Waals surface area contributed by atoms with Crippen LogP contribution in [0.4, 0.5) is 5.69 Å². The lowest BCUT2D eigenvalue weighted by atomic mass is 10.2. The van der Waals surface area contributed by atoms with E-state index in [-0.39, 0.29) is 18.0 Å². The summed E-state index contributed by atoms with van der Waals surface area (Å²) in [4.78, 5) is 29.8. The minimum atomic E-state index is -0.278. The van der Waals surface area contributed by atoms with Gasteiger partial charge in [-0.25, -0.2) is 0 Å². The molecule has 1 amide bonds. The number of nitrogens with zero attached hydrogens (tertiary/aromatic N) is 3. The molecule has 2 aliphatic rings. The first-order valence-electron chi connectivity index (χ1n) is 9.09. The zero-order valence-electron chi connectivity index (χ0n) is 14.9. The van der Waals surface area contributed by atoms with Crippen molar-refractivity contribution in [1.82, 2.24) is 9.80 Å². The van der Waals surface area contributed by atoms with Gasteiger partial charge in [0.25, 0.3) is 0 Å². The number of ether oxygens (including phenoxy) is 1. The minimum Gasteiger partial charge on any atom is -0.459 e. The Balaban J connectivity index is 1.52. The van der Waals surface area contributed by atoms with E-state index >= 15 is 0 Å². The van der Waals surface area contributed by atoms with Crippen LogP contribution in [-0.4, -0.2) is 73.6 Å². The third kappa shape index (κ3) is 4.95. The Morgan fingerprint density at radius 1 is 1.08 bits per heavy atom. The van der Waals surface area contributed by atoms with Crippen LogP contribution in [0, 0.1) is 0 Å². The van der Waals surface area contributed by atoms with Gasteiger partial charge in [0, 0.05) is 58.3 Å². The maximum Gasteiger partial charge on any atom is 0.303 e. The number of esters is 1. The van der Waals surface area contributed by atoms with E-state index in [2.05, 4.69) is 34.1 Å². The van der Waals surface area contributed by atoms with Crippen LogP contribution in [0.15, 0.2) is 30.3 Å². The Hall–Kier alpha value is -2.08. The summed E-state index contributed by atoms with van der Waals surface area (Å²) < 4.78 is 5.49. The van der Waals surface area contributed by atoms with Gasteiger partial charge in [-0.15, -0.1) is 0 Å². The van der Waals surface area contributed by atoms with E-state index in [0.29, 0.717) is 19.5 Å². The lowest BCUT2D eigenvalue weighted by Gasteiger charge is -2.37. The number of hydrogen-bond acceptors (Lipinski definition) is 5. The largest absolute Gasteiger partial charge is 0.459 e. The summed E-state index contributed by atoms with van der Waals surface area (Å²) in [6, 6.07) is 10.4. The zero-order chi connectivity index (χ0) is 17.6. The molecule has 0 radical (unpaired) electrons. The summed E-state index contributed by atoms with van der Waals surface area (Å²) in [5.74, 6) is -0.106. The number of para-hydroxylation sites is 1. The van der Waals surface area contributed by atoms with Gasteiger partial charge in [0.2, 0.25) is 5.91 Å². The van der Waals surface area contributed by atoms with Gasteiger partial charge >= 0.3 is 5.97 Å². The molecule has 2 saturated heterocycles. The molecule has 0 spiro atoms. The Kier molecular flexibility index (Phi) is 5.91. The highest BCUT2D eigenvalue weighted by Crippen LogP contribution is 2.17. The minimum absolute atomic E-state index is 0.172. The van der Waals surface area contributed by atoms with Gasteiger partial charge in [-0.3, -0.25) is 14.5 Å². The van der Waals surface area contributed by atoms with E-state index in [1.807, 2.05) is 11.0 Å². The summed E-state index contributed by atoms with van der Waals surface area (Å²) in [5, 5.41) is 0. The van der Waals surface area contributed by atoms with Crippen molar-refractivity contribution in [1.29, 1.82) is 0 Å².